The predicted octanol–water partition coefficient (Wildman–Crippen LogP) is 3.93. The van der Waals surface area contributed by atoms with Crippen molar-refractivity contribution in [2.24, 2.45) is 5.10 Å². The van der Waals surface area contributed by atoms with Gasteiger partial charge in [0.1, 0.15) is 0 Å². The molecule has 0 fully saturated rings. The highest BCUT2D eigenvalue weighted by Gasteiger charge is 2.31. The minimum absolute atomic E-state index is 0.0384. The fourth-order valence-corrected chi connectivity index (χ4v) is 2.71. The topological polar surface area (TPSA) is 52.9 Å². The predicted molar refractivity (Wildman–Crippen MR) is 84.6 cm³/mol. The molecule has 1 amide bonds. The molecular weight excluding hydrogens is 332 g/mol. The van der Waals surface area contributed by atoms with E-state index >= 15 is 0 Å². The van der Waals surface area contributed by atoms with Gasteiger partial charge >= 0.3 is 6.09 Å². The second-order valence-corrected chi connectivity index (χ2v) is 5.74. The molecule has 1 N–H and O–H groups in total. The first-order valence-electron chi connectivity index (χ1n) is 6.55. The first kappa shape index (κ1) is 13.8. The Morgan fingerprint density at radius 1 is 1.14 bits per heavy atom. The highest BCUT2D eigenvalue weighted by Crippen LogP contribution is 2.29. The maximum Gasteiger partial charge on any atom is 0.427 e. The van der Waals surface area contributed by atoms with Gasteiger partial charge in [-0.1, -0.05) is 58.4 Å². The fraction of sp³-hybridized carbons (Fsp3) is 0.125. The number of amides is 1. The molecule has 0 radical (unpaired) electrons. The maximum absolute atomic E-state index is 11.2. The molecule has 1 unspecified atom stereocenters. The SMILES string of the molecule is O=C(O)N1CC(c2ccccc2)C(c2ccc(Br)cc2)=N1. The lowest BCUT2D eigenvalue weighted by Gasteiger charge is -2.13. The molecule has 0 saturated carbocycles. The third-order valence-electron chi connectivity index (χ3n) is 3.48. The van der Waals surface area contributed by atoms with E-state index < -0.39 is 6.09 Å². The smallest absolute Gasteiger partial charge is 0.427 e. The zero-order valence-corrected chi connectivity index (χ0v) is 12.7. The monoisotopic (exact) mass is 344 g/mol. The molecule has 0 spiro atoms. The first-order chi connectivity index (χ1) is 10.1. The van der Waals surface area contributed by atoms with Gasteiger partial charge in [-0.15, -0.1) is 0 Å². The van der Waals surface area contributed by atoms with Gasteiger partial charge in [0.2, 0.25) is 0 Å². The minimum Gasteiger partial charge on any atom is -0.464 e. The molecule has 2 aromatic rings. The standard InChI is InChI=1S/C16H13BrN2O2/c17-13-8-6-12(7-9-13)15-14(10-19(18-15)16(20)21)11-4-2-1-3-5-11/h1-9,14H,10H2,(H,20,21). The number of rotatable bonds is 2. The Balaban J connectivity index is 2.01. The van der Waals surface area contributed by atoms with E-state index in [1.807, 2.05) is 54.6 Å². The number of benzene rings is 2. The van der Waals surface area contributed by atoms with Crippen LogP contribution < -0.4 is 0 Å². The summed E-state index contributed by atoms with van der Waals surface area (Å²) in [7, 11) is 0. The number of halogens is 1. The van der Waals surface area contributed by atoms with Crippen LogP contribution in [0.25, 0.3) is 0 Å². The molecule has 3 rings (SSSR count). The molecule has 0 saturated heterocycles. The van der Waals surface area contributed by atoms with E-state index in [0.29, 0.717) is 6.54 Å². The highest BCUT2D eigenvalue weighted by molar-refractivity contribution is 9.10. The normalized spacial score (nSPS) is 17.7. The fourth-order valence-electron chi connectivity index (χ4n) is 2.45. The van der Waals surface area contributed by atoms with Gasteiger partial charge in [0.25, 0.3) is 0 Å². The average Bonchev–Trinajstić information content (AvgIpc) is 2.94. The van der Waals surface area contributed by atoms with Crippen LogP contribution in [0.4, 0.5) is 4.79 Å². The summed E-state index contributed by atoms with van der Waals surface area (Å²) < 4.78 is 0.983. The van der Waals surface area contributed by atoms with E-state index in [4.69, 9.17) is 0 Å². The molecule has 106 valence electrons. The molecule has 1 aliphatic heterocycles. The number of hydrogen-bond acceptors (Lipinski definition) is 2. The summed E-state index contributed by atoms with van der Waals surface area (Å²) in [4.78, 5) is 11.2. The molecular formula is C16H13BrN2O2. The summed E-state index contributed by atoms with van der Waals surface area (Å²) in [6.07, 6.45) is -1.02. The Morgan fingerprint density at radius 3 is 2.43 bits per heavy atom. The van der Waals surface area contributed by atoms with Crippen LogP contribution in [-0.4, -0.2) is 28.5 Å². The van der Waals surface area contributed by atoms with Crippen LogP contribution in [-0.2, 0) is 0 Å². The lowest BCUT2D eigenvalue weighted by molar-refractivity contribution is 0.151. The summed E-state index contributed by atoms with van der Waals surface area (Å²) in [6.45, 7) is 0.352. The lowest BCUT2D eigenvalue weighted by atomic mass is 9.91. The second-order valence-electron chi connectivity index (χ2n) is 4.82. The second kappa shape index (κ2) is 5.69. The number of nitrogens with zero attached hydrogens (tertiary/aromatic N) is 2. The van der Waals surface area contributed by atoms with Crippen LogP contribution in [0.1, 0.15) is 17.0 Å². The number of carbonyl (C=O) groups is 1. The van der Waals surface area contributed by atoms with Crippen LogP contribution >= 0.6 is 15.9 Å². The van der Waals surface area contributed by atoms with Gasteiger partial charge in [-0.3, -0.25) is 0 Å². The quantitative estimate of drug-likeness (QED) is 0.897. The molecule has 1 heterocycles. The van der Waals surface area contributed by atoms with Crippen molar-refractivity contribution >= 4 is 27.7 Å². The minimum atomic E-state index is -1.02. The van der Waals surface area contributed by atoms with Crippen molar-refractivity contribution in [3.05, 3.63) is 70.2 Å². The molecule has 21 heavy (non-hydrogen) atoms. The number of hydrogen-bond donors (Lipinski definition) is 1. The summed E-state index contributed by atoms with van der Waals surface area (Å²) in [5.41, 5.74) is 2.80. The van der Waals surface area contributed by atoms with Gasteiger partial charge in [0.15, 0.2) is 0 Å². The Bertz CT molecular complexity index is 683. The third-order valence-corrected chi connectivity index (χ3v) is 4.01. The van der Waals surface area contributed by atoms with Gasteiger partial charge in [0.05, 0.1) is 12.3 Å². The molecule has 0 aliphatic carbocycles. The van der Waals surface area contributed by atoms with Crippen LogP contribution in [0, 0.1) is 0 Å². The van der Waals surface area contributed by atoms with Gasteiger partial charge in [0, 0.05) is 10.4 Å². The Labute approximate surface area is 130 Å². The van der Waals surface area contributed by atoms with Crippen molar-refractivity contribution in [3.63, 3.8) is 0 Å². The van der Waals surface area contributed by atoms with E-state index in [1.54, 1.807) is 0 Å². The Morgan fingerprint density at radius 2 is 1.81 bits per heavy atom. The third kappa shape index (κ3) is 2.83. The molecule has 2 aromatic carbocycles. The summed E-state index contributed by atoms with van der Waals surface area (Å²) in [5.74, 6) is -0.0384. The van der Waals surface area contributed by atoms with Crippen LogP contribution in [0.15, 0.2) is 64.2 Å². The Hall–Kier alpha value is -2.14. The van der Waals surface area contributed by atoms with Crippen LogP contribution in [0.3, 0.4) is 0 Å². The highest BCUT2D eigenvalue weighted by atomic mass is 79.9. The van der Waals surface area contributed by atoms with E-state index in [9.17, 15) is 9.90 Å². The molecule has 4 nitrogen and oxygen atoms in total. The van der Waals surface area contributed by atoms with Gasteiger partial charge in [-0.2, -0.15) is 10.1 Å². The molecule has 0 bridgehead atoms. The van der Waals surface area contributed by atoms with Gasteiger partial charge < -0.3 is 5.11 Å². The molecule has 1 aliphatic rings. The van der Waals surface area contributed by atoms with Crippen LogP contribution in [0.5, 0.6) is 0 Å². The average molecular weight is 345 g/mol. The van der Waals surface area contributed by atoms with E-state index in [-0.39, 0.29) is 5.92 Å². The molecule has 5 heteroatoms. The van der Waals surface area contributed by atoms with Gasteiger partial charge in [-0.25, -0.2) is 4.79 Å². The summed E-state index contributed by atoms with van der Waals surface area (Å²) in [5, 5.41) is 14.6. The van der Waals surface area contributed by atoms with E-state index in [1.165, 1.54) is 0 Å². The summed E-state index contributed by atoms with van der Waals surface area (Å²) >= 11 is 3.40. The molecule has 1 atom stereocenters. The summed E-state index contributed by atoms with van der Waals surface area (Å²) in [6, 6.07) is 17.6. The van der Waals surface area contributed by atoms with E-state index in [2.05, 4.69) is 21.0 Å². The first-order valence-corrected chi connectivity index (χ1v) is 7.34. The van der Waals surface area contributed by atoms with Crippen molar-refractivity contribution in [1.82, 2.24) is 5.01 Å². The number of hydrazone groups is 1. The zero-order valence-electron chi connectivity index (χ0n) is 11.1. The van der Waals surface area contributed by atoms with Crippen molar-refractivity contribution in [3.8, 4) is 0 Å². The lowest BCUT2D eigenvalue weighted by Crippen LogP contribution is -2.23. The van der Waals surface area contributed by atoms with Crippen LogP contribution in [0.2, 0.25) is 0 Å². The van der Waals surface area contributed by atoms with Gasteiger partial charge in [-0.05, 0) is 23.3 Å². The largest absolute Gasteiger partial charge is 0.464 e. The number of carboxylic acid groups (broad SMARTS) is 1. The van der Waals surface area contributed by atoms with E-state index in [0.717, 1.165) is 26.3 Å². The molecule has 0 aromatic heterocycles. The van der Waals surface area contributed by atoms with Crippen molar-refractivity contribution in [2.45, 2.75) is 5.92 Å². The van der Waals surface area contributed by atoms with Crippen molar-refractivity contribution < 1.29 is 9.90 Å². The van der Waals surface area contributed by atoms with Crippen molar-refractivity contribution in [1.29, 1.82) is 0 Å². The zero-order chi connectivity index (χ0) is 14.8. The van der Waals surface area contributed by atoms with Crippen molar-refractivity contribution in [2.75, 3.05) is 6.54 Å². The Kier molecular flexibility index (Phi) is 3.75. The maximum atomic E-state index is 11.2.